The van der Waals surface area contributed by atoms with Crippen LogP contribution in [0.5, 0.6) is 0 Å². The van der Waals surface area contributed by atoms with Gasteiger partial charge < -0.3 is 0 Å². The maximum Gasteiger partial charge on any atom is 0.475 e. The zero-order valence-corrected chi connectivity index (χ0v) is 7.47. The van der Waals surface area contributed by atoms with Gasteiger partial charge in [0.25, 0.3) is 0 Å². The van der Waals surface area contributed by atoms with Gasteiger partial charge in [0.2, 0.25) is 0 Å². The van der Waals surface area contributed by atoms with E-state index in [1.54, 1.807) is 0 Å². The number of phosphoric ester groups is 1. The van der Waals surface area contributed by atoms with Crippen molar-refractivity contribution < 1.29 is 18.1 Å². The molecule has 0 radical (unpaired) electrons. The van der Waals surface area contributed by atoms with Gasteiger partial charge in [0.15, 0.2) is 0 Å². The summed E-state index contributed by atoms with van der Waals surface area (Å²) in [6.07, 6.45) is -0.0316. The first-order chi connectivity index (χ1) is 5.04. The van der Waals surface area contributed by atoms with Gasteiger partial charge in [-0.05, 0) is 6.92 Å². The second kappa shape index (κ2) is 2.07. The average molecular weight is 178 g/mol. The quantitative estimate of drug-likeness (QED) is 0.528. The van der Waals surface area contributed by atoms with E-state index in [0.29, 0.717) is 13.2 Å². The molecular formula is C6H11O4P. The molecule has 0 aromatic heterocycles. The fraction of sp³-hybridized carbons (Fsp3) is 1.00. The van der Waals surface area contributed by atoms with E-state index < -0.39 is 7.82 Å². The van der Waals surface area contributed by atoms with E-state index in [1.165, 1.54) is 0 Å². The monoisotopic (exact) mass is 178 g/mol. The van der Waals surface area contributed by atoms with Crippen LogP contribution in [0.15, 0.2) is 0 Å². The number of hydrogen-bond donors (Lipinski definition) is 0. The zero-order chi connectivity index (χ0) is 8.11. The molecule has 2 bridgehead atoms. The summed E-state index contributed by atoms with van der Waals surface area (Å²) in [6, 6.07) is 0. The highest BCUT2D eigenvalue weighted by Gasteiger charge is 2.52. The van der Waals surface area contributed by atoms with Crippen molar-refractivity contribution in [3.05, 3.63) is 0 Å². The summed E-state index contributed by atoms with van der Waals surface area (Å²) in [6.45, 7) is 4.86. The third-order valence-corrected chi connectivity index (χ3v) is 3.84. The Morgan fingerprint density at radius 1 is 1.45 bits per heavy atom. The van der Waals surface area contributed by atoms with E-state index in [0.717, 1.165) is 0 Å². The second-order valence-corrected chi connectivity index (χ2v) is 5.02. The molecule has 4 nitrogen and oxygen atoms in total. The molecule has 1 unspecified atom stereocenters. The fourth-order valence-electron chi connectivity index (χ4n) is 1.15. The summed E-state index contributed by atoms with van der Waals surface area (Å²) in [5.74, 6) is 0. The normalized spacial score (nSPS) is 56.4. The van der Waals surface area contributed by atoms with Gasteiger partial charge in [-0.1, -0.05) is 6.92 Å². The average Bonchev–Trinajstić information content (AvgIpc) is 1.94. The minimum Gasteiger partial charge on any atom is -0.286 e. The lowest BCUT2D eigenvalue weighted by Gasteiger charge is -2.46. The van der Waals surface area contributed by atoms with Gasteiger partial charge in [-0.15, -0.1) is 0 Å². The van der Waals surface area contributed by atoms with Gasteiger partial charge in [0.05, 0.1) is 19.3 Å². The molecule has 3 aliphatic heterocycles. The van der Waals surface area contributed by atoms with Crippen LogP contribution in [0, 0.1) is 5.41 Å². The largest absolute Gasteiger partial charge is 0.475 e. The molecule has 11 heavy (non-hydrogen) atoms. The van der Waals surface area contributed by atoms with Gasteiger partial charge in [-0.3, -0.25) is 13.6 Å². The predicted molar refractivity (Wildman–Crippen MR) is 38.2 cm³/mol. The lowest BCUT2D eigenvalue weighted by atomic mass is 9.87. The van der Waals surface area contributed by atoms with Crippen molar-refractivity contribution in [1.82, 2.24) is 0 Å². The van der Waals surface area contributed by atoms with Crippen molar-refractivity contribution in [2.45, 2.75) is 20.0 Å². The van der Waals surface area contributed by atoms with E-state index in [2.05, 4.69) is 0 Å². The van der Waals surface area contributed by atoms with E-state index in [-0.39, 0.29) is 11.5 Å². The summed E-state index contributed by atoms with van der Waals surface area (Å²) < 4.78 is 26.3. The first kappa shape index (κ1) is 7.74. The molecule has 3 saturated heterocycles. The second-order valence-electron chi connectivity index (χ2n) is 3.40. The first-order valence-corrected chi connectivity index (χ1v) is 5.08. The van der Waals surface area contributed by atoms with Crippen LogP contribution in [0.4, 0.5) is 0 Å². The van der Waals surface area contributed by atoms with Crippen LogP contribution in [-0.2, 0) is 18.1 Å². The lowest BCUT2D eigenvalue weighted by molar-refractivity contribution is -0.123. The van der Waals surface area contributed by atoms with E-state index in [9.17, 15) is 4.57 Å². The standard InChI is InChI=1S/C6H11O4P/c1-5-6(2)3-8-11(7,10-5)9-4-6/h5H,3-4H2,1-2H3. The van der Waals surface area contributed by atoms with Gasteiger partial charge in [0.1, 0.15) is 0 Å². The Balaban J connectivity index is 2.29. The molecule has 0 aliphatic carbocycles. The van der Waals surface area contributed by atoms with Gasteiger partial charge >= 0.3 is 7.82 Å². The molecule has 0 amide bonds. The number of fused-ring (bicyclic) bond motifs is 3. The molecule has 3 rings (SSSR count). The maximum absolute atomic E-state index is 11.3. The highest BCUT2D eigenvalue weighted by Crippen LogP contribution is 2.62. The minimum atomic E-state index is -3.13. The number of hydrogen-bond acceptors (Lipinski definition) is 4. The van der Waals surface area contributed by atoms with Gasteiger partial charge in [0, 0.05) is 5.41 Å². The topological polar surface area (TPSA) is 44.8 Å². The molecule has 0 saturated carbocycles. The van der Waals surface area contributed by atoms with E-state index in [4.69, 9.17) is 13.6 Å². The molecule has 3 heterocycles. The molecule has 5 heteroatoms. The van der Waals surface area contributed by atoms with Gasteiger partial charge in [-0.2, -0.15) is 0 Å². The van der Waals surface area contributed by atoms with Crippen molar-refractivity contribution in [2.75, 3.05) is 13.2 Å². The fourth-order valence-corrected chi connectivity index (χ4v) is 2.89. The molecule has 0 aromatic rings. The molecule has 0 N–H and O–H groups in total. The summed E-state index contributed by atoms with van der Waals surface area (Å²) in [4.78, 5) is 0. The van der Waals surface area contributed by atoms with E-state index >= 15 is 0 Å². The maximum atomic E-state index is 11.3. The Hall–Kier alpha value is 0.110. The Bertz CT molecular complexity index is 215. The highest BCUT2D eigenvalue weighted by atomic mass is 31.2. The summed E-state index contributed by atoms with van der Waals surface area (Å²) in [7, 11) is -3.13. The van der Waals surface area contributed by atoms with Crippen molar-refractivity contribution in [3.8, 4) is 0 Å². The van der Waals surface area contributed by atoms with Crippen LogP contribution in [-0.4, -0.2) is 19.3 Å². The molecule has 3 aliphatic rings. The lowest BCUT2D eigenvalue weighted by Crippen LogP contribution is -2.47. The van der Waals surface area contributed by atoms with Crippen molar-refractivity contribution in [3.63, 3.8) is 0 Å². The Kier molecular flexibility index (Phi) is 1.46. The van der Waals surface area contributed by atoms with E-state index in [1.807, 2.05) is 13.8 Å². The third kappa shape index (κ3) is 1.05. The molecule has 3 fully saturated rings. The SMILES string of the molecule is CC1OP2(=O)OCC1(C)CO2. The Morgan fingerprint density at radius 3 is 2.36 bits per heavy atom. The predicted octanol–water partition coefficient (Wildman–Crippen LogP) is 1.57. The van der Waals surface area contributed by atoms with Crippen molar-refractivity contribution in [2.24, 2.45) is 5.41 Å². The van der Waals surface area contributed by atoms with Crippen LogP contribution in [0.3, 0.4) is 0 Å². The van der Waals surface area contributed by atoms with Crippen molar-refractivity contribution >= 4 is 7.82 Å². The first-order valence-electron chi connectivity index (χ1n) is 3.62. The highest BCUT2D eigenvalue weighted by molar-refractivity contribution is 7.48. The molecular weight excluding hydrogens is 167 g/mol. The van der Waals surface area contributed by atoms with Crippen LogP contribution in [0.25, 0.3) is 0 Å². The molecule has 0 aromatic carbocycles. The van der Waals surface area contributed by atoms with Gasteiger partial charge in [-0.25, -0.2) is 4.57 Å². The number of rotatable bonds is 0. The summed E-state index contributed by atoms with van der Waals surface area (Å²) >= 11 is 0. The molecule has 0 spiro atoms. The van der Waals surface area contributed by atoms with Crippen molar-refractivity contribution in [1.29, 1.82) is 0 Å². The summed E-state index contributed by atoms with van der Waals surface area (Å²) in [5.41, 5.74) is -0.119. The summed E-state index contributed by atoms with van der Waals surface area (Å²) in [5, 5.41) is 0. The Labute approximate surface area is 65.4 Å². The Morgan fingerprint density at radius 2 is 2.00 bits per heavy atom. The number of phosphoric acid groups is 1. The minimum absolute atomic E-state index is 0.0316. The molecule has 1 atom stereocenters. The van der Waals surface area contributed by atoms with Crippen LogP contribution >= 0.6 is 7.82 Å². The molecule has 64 valence electrons. The van der Waals surface area contributed by atoms with Crippen LogP contribution in [0.1, 0.15) is 13.8 Å². The third-order valence-electron chi connectivity index (χ3n) is 2.37. The zero-order valence-electron chi connectivity index (χ0n) is 6.57. The smallest absolute Gasteiger partial charge is 0.286 e. The van der Waals surface area contributed by atoms with Crippen LogP contribution in [0.2, 0.25) is 0 Å². The van der Waals surface area contributed by atoms with Crippen LogP contribution < -0.4 is 0 Å².